The first-order valence-corrected chi connectivity index (χ1v) is 12.3. The summed E-state index contributed by atoms with van der Waals surface area (Å²) in [5.74, 6) is -0.945. The zero-order valence-electron chi connectivity index (χ0n) is 21.5. The van der Waals surface area contributed by atoms with E-state index < -0.39 is 17.6 Å². The van der Waals surface area contributed by atoms with Gasteiger partial charge in [-0.25, -0.2) is 0 Å². The number of carbonyl (C=O) groups is 2. The molecular weight excluding hydrogens is 515 g/mol. The van der Waals surface area contributed by atoms with Crippen LogP contribution in [0, 0.1) is 6.92 Å². The fourth-order valence-corrected chi connectivity index (χ4v) is 4.38. The molecule has 0 aliphatic carbocycles. The number of ketones is 1. The molecule has 6 nitrogen and oxygen atoms in total. The van der Waals surface area contributed by atoms with Crippen molar-refractivity contribution in [3.8, 4) is 5.75 Å². The Kier molecular flexibility index (Phi) is 10.3. The van der Waals surface area contributed by atoms with Crippen molar-refractivity contribution < 1.29 is 27.9 Å². The van der Waals surface area contributed by atoms with E-state index in [1.807, 2.05) is 21.0 Å². The molecule has 0 radical (unpaired) electrons. The summed E-state index contributed by atoms with van der Waals surface area (Å²) in [5.41, 5.74) is 7.29. The molecule has 0 bridgehead atoms. The molecule has 3 aromatic rings. The van der Waals surface area contributed by atoms with Crippen molar-refractivity contribution in [1.29, 1.82) is 0 Å². The van der Waals surface area contributed by atoms with Gasteiger partial charge in [0.25, 0.3) is 5.91 Å². The van der Waals surface area contributed by atoms with Gasteiger partial charge >= 0.3 is 6.18 Å². The third-order valence-corrected chi connectivity index (χ3v) is 6.45. The molecule has 38 heavy (non-hydrogen) atoms. The molecule has 0 saturated carbocycles. The van der Waals surface area contributed by atoms with Crippen LogP contribution >= 0.6 is 11.3 Å². The summed E-state index contributed by atoms with van der Waals surface area (Å²) >= 11 is 1.07. The van der Waals surface area contributed by atoms with Crippen LogP contribution in [0.1, 0.15) is 43.6 Å². The van der Waals surface area contributed by atoms with Gasteiger partial charge in [0.1, 0.15) is 15.6 Å². The molecule has 0 aliphatic heterocycles. The van der Waals surface area contributed by atoms with E-state index in [2.05, 4.69) is 6.58 Å². The van der Waals surface area contributed by atoms with Gasteiger partial charge in [0.15, 0.2) is 5.78 Å². The molecule has 1 aromatic heterocycles. The van der Waals surface area contributed by atoms with Gasteiger partial charge in [0.2, 0.25) is 0 Å². The second-order valence-corrected chi connectivity index (χ2v) is 9.40. The maximum atomic E-state index is 12.2. The molecular formula is C28H30F3N3O3S. The van der Waals surface area contributed by atoms with Gasteiger partial charge in [-0.15, -0.1) is 11.3 Å². The maximum Gasteiger partial charge on any atom is 0.416 e. The lowest BCUT2D eigenvalue weighted by atomic mass is 10.1. The zero-order valence-corrected chi connectivity index (χ0v) is 22.4. The van der Waals surface area contributed by atoms with Crippen molar-refractivity contribution in [2.24, 2.45) is 5.73 Å². The minimum Gasteiger partial charge on any atom is -0.506 e. The van der Waals surface area contributed by atoms with Crippen LogP contribution in [-0.4, -0.2) is 35.8 Å². The maximum absolute atomic E-state index is 12.2. The molecule has 1 heterocycles. The topological polar surface area (TPSA) is 86.9 Å². The number of benzene rings is 2. The lowest BCUT2D eigenvalue weighted by molar-refractivity contribution is -0.138. The number of nitrogens with zero attached hydrogens (tertiary/aromatic N) is 2. The summed E-state index contributed by atoms with van der Waals surface area (Å²) in [5, 5.41) is 10.5. The van der Waals surface area contributed by atoms with Crippen LogP contribution in [0.3, 0.4) is 0 Å². The first kappa shape index (κ1) is 30.2. The molecule has 0 aliphatic rings. The normalized spacial score (nSPS) is 11.0. The number of aryl methyl sites for hydroxylation is 2. The van der Waals surface area contributed by atoms with Crippen molar-refractivity contribution in [2.45, 2.75) is 26.4 Å². The zero-order chi connectivity index (χ0) is 28.6. The second-order valence-electron chi connectivity index (χ2n) is 8.37. The number of primary amides is 1. The number of hydrogen-bond donors (Lipinski definition) is 2. The van der Waals surface area contributed by atoms with Crippen molar-refractivity contribution in [2.75, 3.05) is 19.0 Å². The van der Waals surface area contributed by atoms with E-state index in [0.717, 1.165) is 28.7 Å². The molecule has 0 fully saturated rings. The van der Waals surface area contributed by atoms with E-state index in [1.54, 1.807) is 53.4 Å². The number of thiophene rings is 1. The number of halogens is 3. The third kappa shape index (κ3) is 7.72. The lowest BCUT2D eigenvalue weighted by Gasteiger charge is -2.20. The highest BCUT2D eigenvalue weighted by molar-refractivity contribution is 7.18. The van der Waals surface area contributed by atoms with Gasteiger partial charge in [-0.2, -0.15) is 13.2 Å². The number of allylic oxidation sites excluding steroid dienone is 1. The Hall–Kier alpha value is -4.05. The van der Waals surface area contributed by atoms with Crippen LogP contribution < -0.4 is 10.6 Å². The number of rotatable bonds is 8. The van der Waals surface area contributed by atoms with Crippen molar-refractivity contribution in [1.82, 2.24) is 4.90 Å². The lowest BCUT2D eigenvalue weighted by Crippen LogP contribution is -2.10. The van der Waals surface area contributed by atoms with Gasteiger partial charge in [-0.3, -0.25) is 9.59 Å². The molecule has 10 heteroatoms. The molecule has 0 unspecified atom stereocenters. The van der Waals surface area contributed by atoms with Gasteiger partial charge in [-0.05, 0) is 48.7 Å². The van der Waals surface area contributed by atoms with E-state index in [1.165, 1.54) is 24.3 Å². The Balaban J connectivity index is 0.000000352. The summed E-state index contributed by atoms with van der Waals surface area (Å²) < 4.78 is 36.7. The quantitative estimate of drug-likeness (QED) is 0.244. The fourth-order valence-electron chi connectivity index (χ4n) is 3.47. The molecule has 3 rings (SSSR count). The number of nitrogens with two attached hydrogens (primary N) is 1. The van der Waals surface area contributed by atoms with Crippen molar-refractivity contribution >= 4 is 33.7 Å². The molecule has 0 saturated heterocycles. The van der Waals surface area contributed by atoms with E-state index in [0.29, 0.717) is 22.5 Å². The number of alkyl halides is 3. The number of anilines is 2. The Bertz CT molecular complexity index is 1330. The Morgan fingerprint density at radius 1 is 1.13 bits per heavy atom. The van der Waals surface area contributed by atoms with Crippen LogP contribution in [0.5, 0.6) is 5.75 Å². The van der Waals surface area contributed by atoms with Crippen LogP contribution in [0.15, 0.2) is 73.6 Å². The van der Waals surface area contributed by atoms with E-state index in [-0.39, 0.29) is 16.4 Å². The third-order valence-electron chi connectivity index (χ3n) is 5.31. The van der Waals surface area contributed by atoms with Gasteiger partial charge in [0.05, 0.1) is 5.56 Å². The van der Waals surface area contributed by atoms with E-state index in [4.69, 9.17) is 5.73 Å². The first-order chi connectivity index (χ1) is 17.8. The van der Waals surface area contributed by atoms with Gasteiger partial charge in [-0.1, -0.05) is 31.7 Å². The van der Waals surface area contributed by atoms with Crippen LogP contribution in [0.2, 0.25) is 0 Å². The summed E-state index contributed by atoms with van der Waals surface area (Å²) in [7, 11) is 3.69. The molecule has 0 spiro atoms. The average Bonchev–Trinajstić information content (AvgIpc) is 3.25. The monoisotopic (exact) mass is 545 g/mol. The number of aromatic hydroxyl groups is 1. The first-order valence-electron chi connectivity index (χ1n) is 11.5. The highest BCUT2D eigenvalue weighted by Gasteiger charge is 2.32. The van der Waals surface area contributed by atoms with Crippen molar-refractivity contribution in [3.63, 3.8) is 0 Å². The van der Waals surface area contributed by atoms with Crippen molar-refractivity contribution in [3.05, 3.63) is 101 Å². The highest BCUT2D eigenvalue weighted by Crippen LogP contribution is 2.39. The summed E-state index contributed by atoms with van der Waals surface area (Å²) in [6, 6.07) is 12.4. The summed E-state index contributed by atoms with van der Waals surface area (Å²) in [6.45, 7) is 7.38. The van der Waals surface area contributed by atoms with E-state index in [9.17, 15) is 27.9 Å². The average molecular weight is 546 g/mol. The van der Waals surface area contributed by atoms with Crippen LogP contribution in [0.25, 0.3) is 0 Å². The smallest absolute Gasteiger partial charge is 0.416 e. The van der Waals surface area contributed by atoms with Crippen LogP contribution in [0.4, 0.5) is 23.9 Å². The molecule has 1 amide bonds. The largest absolute Gasteiger partial charge is 0.506 e. The van der Waals surface area contributed by atoms with Gasteiger partial charge < -0.3 is 20.6 Å². The SMILES string of the molecule is C=CN(c1cc(O)c(C(N)=O)s1)c1ccc(C(=O)/C=C/N(C)C)cc1C.CCc1ccccc1C(F)(F)F. The summed E-state index contributed by atoms with van der Waals surface area (Å²) in [6.07, 6.45) is 0.978. The van der Waals surface area contributed by atoms with Gasteiger partial charge in [0, 0.05) is 49.9 Å². The predicted molar refractivity (Wildman–Crippen MR) is 146 cm³/mol. The molecule has 202 valence electrons. The number of carbonyl (C=O) groups excluding carboxylic acids is 2. The molecule has 0 atom stereocenters. The summed E-state index contributed by atoms with van der Waals surface area (Å²) in [4.78, 5) is 27.2. The van der Waals surface area contributed by atoms with Crippen LogP contribution in [-0.2, 0) is 12.6 Å². The Labute approximate surface area is 224 Å². The highest BCUT2D eigenvalue weighted by atomic mass is 32.1. The second kappa shape index (κ2) is 13.0. The predicted octanol–water partition coefficient (Wildman–Crippen LogP) is 6.67. The standard InChI is InChI=1S/C19H21N3O3S.C9H9F3/c1-5-22(17-11-16(24)18(26-17)19(20)25)14-7-6-13(10-12(14)2)15(23)8-9-21(3)4;1-2-7-5-3-4-6-8(7)9(10,11)12/h5-11,24H,1H2,2-4H3,(H2,20,25);3-6H,2H2,1H3/b9-8+;. The van der Waals surface area contributed by atoms with E-state index >= 15 is 0 Å². The number of hydrogen-bond acceptors (Lipinski definition) is 6. The fraction of sp³-hybridized carbons (Fsp3) is 0.214. The minimum absolute atomic E-state index is 0.0881. The Morgan fingerprint density at radius 2 is 1.79 bits per heavy atom. The number of amides is 1. The Morgan fingerprint density at radius 3 is 2.26 bits per heavy atom. The minimum atomic E-state index is -4.22. The molecule has 2 aromatic carbocycles. The molecule has 3 N–H and O–H groups in total.